The van der Waals surface area contributed by atoms with E-state index in [1.165, 1.54) is 38.8 Å². The largest absolute Gasteiger partial charge is 0.454 e. The van der Waals surface area contributed by atoms with Crippen LogP contribution in [0.15, 0.2) is 156 Å². The Morgan fingerprint density at radius 2 is 1.08 bits per heavy atom. The van der Waals surface area contributed by atoms with Gasteiger partial charge in [0.05, 0.1) is 5.69 Å². The van der Waals surface area contributed by atoms with Gasteiger partial charge < -0.3 is 19.1 Å². The molecule has 370 valence electrons. The Balaban J connectivity index is 1.19. The van der Waals surface area contributed by atoms with Crippen LogP contribution < -0.4 is 31.1 Å². The smallest absolute Gasteiger partial charge is 0.252 e. The summed E-state index contributed by atoms with van der Waals surface area (Å²) in [6.07, 6.45) is 3.22. The van der Waals surface area contributed by atoms with Crippen LogP contribution in [0.3, 0.4) is 0 Å². The van der Waals surface area contributed by atoms with E-state index in [0.29, 0.717) is 5.56 Å². The number of furan rings is 1. The van der Waals surface area contributed by atoms with E-state index in [0.717, 1.165) is 103 Å². The van der Waals surface area contributed by atoms with E-state index in [9.17, 15) is 4.11 Å². The summed E-state index contributed by atoms with van der Waals surface area (Å²) in [4.78, 5) is 7.18. The highest BCUT2D eigenvalue weighted by Crippen LogP contribution is 2.56. The van der Waals surface area contributed by atoms with Crippen molar-refractivity contribution in [2.24, 2.45) is 0 Å². The van der Waals surface area contributed by atoms with Gasteiger partial charge in [-0.3, -0.25) is 0 Å². The zero-order valence-corrected chi connectivity index (χ0v) is 45.4. The minimum atomic E-state index is -2.44. The standard InChI is InChI=1S/C69H70BN3O/c1-42-34-59-63-60(35-42)73(56-39-51-49(36-43(56)2)66(6,7)32-33-67(51,8)9)58-40-52-50(68(10,11)41-69(52,12)13)38-54(58)70(63)53-30-28-46(71(44-22-16-14-17-23-44)45-24-18-15-19-25-45)37-57(53)72(59)55-31-29-48(65(3,4)5)62-47-26-20-21-27-61(47)74-64(55)62/h14-31,34-40H,32-33,41H2,1-13H3/i1D3. The first-order valence-corrected chi connectivity index (χ1v) is 27.0. The molecule has 0 spiro atoms. The molecule has 9 aromatic rings. The lowest BCUT2D eigenvalue weighted by Gasteiger charge is -2.46. The number of anilines is 9. The fraction of sp³-hybridized carbons (Fsp3) is 0.304. The number of hydrogen-bond donors (Lipinski definition) is 0. The van der Waals surface area contributed by atoms with Crippen molar-refractivity contribution in [3.8, 4) is 0 Å². The van der Waals surface area contributed by atoms with Gasteiger partial charge in [0.25, 0.3) is 6.71 Å². The van der Waals surface area contributed by atoms with Crippen molar-refractivity contribution < 1.29 is 8.53 Å². The maximum absolute atomic E-state index is 9.37. The Hall–Kier alpha value is -6.98. The van der Waals surface area contributed by atoms with Gasteiger partial charge in [0.1, 0.15) is 5.58 Å². The molecule has 0 saturated heterocycles. The third kappa shape index (κ3) is 6.87. The summed E-state index contributed by atoms with van der Waals surface area (Å²) in [5.74, 6) is 0. The van der Waals surface area contributed by atoms with Gasteiger partial charge in [-0.2, -0.15) is 0 Å². The molecule has 4 nitrogen and oxygen atoms in total. The number of nitrogens with zero attached hydrogens (tertiary/aromatic N) is 3. The van der Waals surface area contributed by atoms with E-state index in [1.807, 2.05) is 18.2 Å². The molecule has 0 amide bonds. The second-order valence-electron chi connectivity index (χ2n) is 25.8. The first-order valence-electron chi connectivity index (χ1n) is 28.5. The van der Waals surface area contributed by atoms with Crippen molar-refractivity contribution in [2.75, 3.05) is 14.7 Å². The third-order valence-corrected chi connectivity index (χ3v) is 17.8. The number of benzene rings is 8. The van der Waals surface area contributed by atoms with Crippen LogP contribution in [0.4, 0.5) is 51.2 Å². The van der Waals surface area contributed by atoms with Crippen LogP contribution in [0, 0.1) is 13.8 Å². The minimum Gasteiger partial charge on any atom is -0.454 e. The van der Waals surface area contributed by atoms with Gasteiger partial charge in [-0.05, 0) is 188 Å². The molecule has 1 aromatic heterocycles. The summed E-state index contributed by atoms with van der Waals surface area (Å²) >= 11 is 0. The highest BCUT2D eigenvalue weighted by Gasteiger charge is 2.49. The summed E-state index contributed by atoms with van der Waals surface area (Å²) in [6, 6.07) is 55.1. The molecule has 3 heterocycles. The molecule has 0 unspecified atom stereocenters. The summed E-state index contributed by atoms with van der Waals surface area (Å²) in [5, 5.41) is 2.13. The molecule has 13 rings (SSSR count). The molecule has 0 bridgehead atoms. The monoisotopic (exact) mass is 971 g/mol. The van der Waals surface area contributed by atoms with Crippen LogP contribution >= 0.6 is 0 Å². The first-order chi connectivity index (χ1) is 36.3. The van der Waals surface area contributed by atoms with Crippen molar-refractivity contribution in [3.05, 3.63) is 191 Å². The molecule has 0 N–H and O–H groups in total. The lowest BCUT2D eigenvalue weighted by molar-refractivity contribution is 0.332. The Labute approximate surface area is 444 Å². The molecule has 0 radical (unpaired) electrons. The van der Waals surface area contributed by atoms with Gasteiger partial charge in [-0.25, -0.2) is 0 Å². The van der Waals surface area contributed by atoms with Crippen molar-refractivity contribution in [2.45, 2.75) is 136 Å². The van der Waals surface area contributed by atoms with Crippen molar-refractivity contribution in [3.63, 3.8) is 0 Å². The third-order valence-electron chi connectivity index (χ3n) is 17.8. The van der Waals surface area contributed by atoms with E-state index < -0.39 is 6.85 Å². The average Bonchev–Trinajstić information content (AvgIpc) is 3.91. The second-order valence-corrected chi connectivity index (χ2v) is 25.8. The molecule has 0 fully saturated rings. The summed E-state index contributed by atoms with van der Waals surface area (Å²) in [6.45, 7) is 25.6. The molecule has 4 aliphatic rings. The molecular formula is C69H70BN3O. The normalized spacial score (nSPS) is 18.2. The van der Waals surface area contributed by atoms with Crippen LogP contribution in [-0.4, -0.2) is 6.71 Å². The highest BCUT2D eigenvalue weighted by atomic mass is 16.3. The van der Waals surface area contributed by atoms with Crippen molar-refractivity contribution in [1.82, 2.24) is 0 Å². The van der Waals surface area contributed by atoms with Crippen molar-refractivity contribution >= 4 is 96.2 Å². The topological polar surface area (TPSA) is 22.9 Å². The molecule has 2 aliphatic carbocycles. The van der Waals surface area contributed by atoms with E-state index in [4.69, 9.17) is 4.42 Å². The second kappa shape index (κ2) is 15.8. The first kappa shape index (κ1) is 43.4. The quantitative estimate of drug-likeness (QED) is 0.160. The molecular weight excluding hydrogens is 898 g/mol. The zero-order chi connectivity index (χ0) is 54.1. The lowest BCUT2D eigenvalue weighted by Crippen LogP contribution is -2.61. The van der Waals surface area contributed by atoms with Gasteiger partial charge in [-0.1, -0.05) is 155 Å². The van der Waals surface area contributed by atoms with Crippen LogP contribution in [0.1, 0.15) is 138 Å². The summed E-state index contributed by atoms with van der Waals surface area (Å²) in [5.41, 5.74) is 21.7. The number of rotatable bonds is 5. The number of para-hydroxylation sites is 3. The van der Waals surface area contributed by atoms with E-state index in [1.54, 1.807) is 0 Å². The average molecular weight is 971 g/mol. The zero-order valence-electron chi connectivity index (χ0n) is 48.4. The maximum atomic E-state index is 9.37. The fourth-order valence-corrected chi connectivity index (χ4v) is 14.3. The molecule has 5 heteroatoms. The van der Waals surface area contributed by atoms with Gasteiger partial charge in [-0.15, -0.1) is 0 Å². The van der Waals surface area contributed by atoms with Crippen LogP contribution in [-0.2, 0) is 27.1 Å². The maximum Gasteiger partial charge on any atom is 0.252 e. The van der Waals surface area contributed by atoms with Crippen LogP contribution in [0.2, 0.25) is 0 Å². The Morgan fingerprint density at radius 3 is 1.72 bits per heavy atom. The predicted molar refractivity (Wildman–Crippen MR) is 317 cm³/mol. The lowest BCUT2D eigenvalue weighted by atomic mass is 9.33. The van der Waals surface area contributed by atoms with E-state index in [-0.39, 0.29) is 33.8 Å². The summed E-state index contributed by atoms with van der Waals surface area (Å²) < 4.78 is 35.3. The van der Waals surface area contributed by atoms with Crippen LogP contribution in [0.5, 0.6) is 0 Å². The number of fused-ring (bicyclic) bond motifs is 9. The Morgan fingerprint density at radius 1 is 0.527 bits per heavy atom. The molecule has 0 saturated carbocycles. The van der Waals surface area contributed by atoms with Gasteiger partial charge in [0.15, 0.2) is 5.58 Å². The number of aryl methyl sites for hydroxylation is 2. The van der Waals surface area contributed by atoms with Gasteiger partial charge >= 0.3 is 0 Å². The SMILES string of the molecule is [2H]C([2H])([2H])c1cc2c3c(c1)N(c1ccc(C(C)(C)C)c4c1oc1ccccc14)c1cc(N(c4ccccc4)c4ccccc4)ccc1B3c1cc3c(cc1N2c1cc2c(cc1C)C(C)(C)CCC2(C)C)C(C)(C)CC3(C)C. The number of hydrogen-bond acceptors (Lipinski definition) is 4. The van der Waals surface area contributed by atoms with Crippen LogP contribution in [0.25, 0.3) is 21.9 Å². The summed E-state index contributed by atoms with van der Waals surface area (Å²) in [7, 11) is 0. The Kier molecular flexibility index (Phi) is 9.26. The van der Waals surface area contributed by atoms with Crippen molar-refractivity contribution in [1.29, 1.82) is 0 Å². The van der Waals surface area contributed by atoms with Gasteiger partial charge in [0.2, 0.25) is 0 Å². The Bertz CT molecular complexity index is 3880. The molecule has 0 atom stereocenters. The molecule has 2 aliphatic heterocycles. The predicted octanol–water partition coefficient (Wildman–Crippen LogP) is 17.4. The fourth-order valence-electron chi connectivity index (χ4n) is 14.3. The highest BCUT2D eigenvalue weighted by molar-refractivity contribution is 7.00. The molecule has 74 heavy (non-hydrogen) atoms. The van der Waals surface area contributed by atoms with E-state index >= 15 is 0 Å². The molecule has 8 aromatic carbocycles. The minimum absolute atomic E-state index is 0.0139. The van der Waals surface area contributed by atoms with E-state index in [2.05, 4.69) is 231 Å². The van der Waals surface area contributed by atoms with Gasteiger partial charge in [0, 0.05) is 60.4 Å².